The number of thiazole rings is 4. The Kier molecular flexibility index (Phi) is 9.10. The summed E-state index contributed by atoms with van der Waals surface area (Å²) in [5.41, 5.74) is 7.50. The molecule has 0 saturated carbocycles. The summed E-state index contributed by atoms with van der Waals surface area (Å²) in [4.78, 5) is 0. The van der Waals surface area contributed by atoms with Crippen LogP contribution in [0.15, 0.2) is 108 Å². The summed E-state index contributed by atoms with van der Waals surface area (Å²) in [5, 5.41) is 2.51. The van der Waals surface area contributed by atoms with Crippen molar-refractivity contribution in [1.29, 1.82) is 0 Å². The molecule has 0 bridgehead atoms. The van der Waals surface area contributed by atoms with E-state index in [-0.39, 0.29) is 0 Å². The van der Waals surface area contributed by atoms with Crippen LogP contribution in [0.4, 0.5) is 0 Å². The first-order chi connectivity index (χ1) is 24.4. The number of hydrogen-bond donors (Lipinski definition) is 0. The number of allylic oxidation sites excluding steroid dienone is 2. The molecule has 246 valence electrons. The summed E-state index contributed by atoms with van der Waals surface area (Å²) in [6.07, 6.45) is 13.6. The second-order valence-electron chi connectivity index (χ2n) is 12.5. The highest BCUT2D eigenvalue weighted by atomic mass is 32.1. The van der Waals surface area contributed by atoms with Crippen molar-refractivity contribution in [3.8, 4) is 0 Å². The molecule has 4 nitrogen and oxygen atoms in total. The minimum atomic E-state index is 0.977. The molecule has 8 rings (SSSR count). The van der Waals surface area contributed by atoms with E-state index in [1.165, 1.54) is 62.0 Å². The van der Waals surface area contributed by atoms with E-state index in [2.05, 4.69) is 167 Å². The van der Waals surface area contributed by atoms with Crippen LogP contribution in [0.5, 0.6) is 0 Å². The van der Waals surface area contributed by atoms with Gasteiger partial charge in [-0.1, -0.05) is 93.9 Å². The number of rotatable bonds is 9. The molecule has 0 spiro atoms. The molecule has 0 radical (unpaired) electrons. The zero-order valence-electron chi connectivity index (χ0n) is 28.2. The quantitative estimate of drug-likeness (QED) is 0.106. The average Bonchev–Trinajstić information content (AvgIpc) is 3.84. The third-order valence-electron chi connectivity index (χ3n) is 9.23. The summed E-state index contributed by atoms with van der Waals surface area (Å²) in [7, 11) is 4.35. The van der Waals surface area contributed by atoms with Gasteiger partial charge in [-0.2, -0.15) is 17.6 Å². The predicted molar refractivity (Wildman–Crippen MR) is 214 cm³/mol. The van der Waals surface area contributed by atoms with Crippen LogP contribution in [-0.4, -0.2) is 0 Å². The number of nitrogens with zero attached hydrogens (tertiary/aromatic N) is 4. The molecule has 50 heavy (non-hydrogen) atoms. The van der Waals surface area contributed by atoms with Crippen molar-refractivity contribution in [3.63, 3.8) is 0 Å². The fourth-order valence-corrected chi connectivity index (χ4v) is 10.9. The third kappa shape index (κ3) is 6.40. The van der Waals surface area contributed by atoms with Crippen LogP contribution in [-0.2, 0) is 14.1 Å². The summed E-state index contributed by atoms with van der Waals surface area (Å²) in [6.45, 7) is 8.83. The lowest BCUT2D eigenvalue weighted by molar-refractivity contribution is -0.642. The molecule has 0 fully saturated rings. The van der Waals surface area contributed by atoms with E-state index in [0.29, 0.717) is 0 Å². The second-order valence-corrected chi connectivity index (χ2v) is 16.8. The molecule has 4 aromatic carbocycles. The Balaban J connectivity index is 1.13. The maximum Gasteiger partial charge on any atom is 0.267 e. The Labute approximate surface area is 307 Å². The predicted octanol–water partition coefficient (Wildman–Crippen LogP) is 8.04. The van der Waals surface area contributed by atoms with Gasteiger partial charge in [0.05, 0.1) is 0 Å². The van der Waals surface area contributed by atoms with Gasteiger partial charge in [-0.25, -0.2) is 0 Å². The summed E-state index contributed by atoms with van der Waals surface area (Å²) in [5.74, 6) is 0. The van der Waals surface area contributed by atoms with Gasteiger partial charge in [-0.15, -0.1) is 0 Å². The van der Waals surface area contributed by atoms with E-state index < -0.39 is 0 Å². The largest absolute Gasteiger partial charge is 0.267 e. The number of fused-ring (bicyclic) bond motifs is 4. The van der Waals surface area contributed by atoms with Gasteiger partial charge in [0.2, 0.25) is 22.1 Å². The van der Waals surface area contributed by atoms with Crippen LogP contribution in [0.1, 0.15) is 35.7 Å². The van der Waals surface area contributed by atoms with Gasteiger partial charge < -0.3 is 0 Å². The number of aromatic nitrogens is 4. The van der Waals surface area contributed by atoms with Crippen molar-refractivity contribution in [2.45, 2.75) is 25.7 Å². The fraction of sp³-hybridized carbons (Fsp3) is 0.143. The van der Waals surface area contributed by atoms with Crippen molar-refractivity contribution in [2.24, 2.45) is 14.1 Å². The molecule has 0 aliphatic rings. The lowest BCUT2D eigenvalue weighted by Crippen LogP contribution is -2.30. The Morgan fingerprint density at radius 2 is 0.840 bits per heavy atom. The van der Waals surface area contributed by atoms with Crippen LogP contribution < -0.4 is 26.9 Å². The maximum absolute atomic E-state index is 4.41. The number of aryl methyl sites for hydroxylation is 2. The third-order valence-corrected chi connectivity index (χ3v) is 13.8. The van der Waals surface area contributed by atoms with Crippen LogP contribution in [0, 0.1) is 13.4 Å². The van der Waals surface area contributed by atoms with Crippen LogP contribution in [0.25, 0.3) is 65.2 Å². The van der Waals surface area contributed by atoms with Gasteiger partial charge >= 0.3 is 0 Å². The molecule has 8 aromatic rings. The number of benzene rings is 4. The Bertz CT molecular complexity index is 2650. The molecule has 0 N–H and O–H groups in total. The van der Waals surface area contributed by atoms with Crippen molar-refractivity contribution in [3.05, 3.63) is 141 Å². The normalized spacial score (nSPS) is 13.6. The number of hydrogen-bond acceptors (Lipinski definition) is 4. The molecule has 0 saturated heterocycles. The van der Waals surface area contributed by atoms with Gasteiger partial charge in [-0.3, -0.25) is 0 Å². The minimum absolute atomic E-state index is 0.977. The van der Waals surface area contributed by atoms with Gasteiger partial charge in [-0.05, 0) is 61.1 Å². The molecular formula is C42H38N4S4+4. The minimum Gasteiger partial charge on any atom is -0.185 e. The fourth-order valence-electron chi connectivity index (χ4n) is 6.48. The molecule has 0 amide bonds. The van der Waals surface area contributed by atoms with E-state index in [4.69, 9.17) is 0 Å². The lowest BCUT2D eigenvalue weighted by atomic mass is 10.0. The van der Waals surface area contributed by atoms with Crippen LogP contribution in [0.2, 0.25) is 0 Å². The van der Waals surface area contributed by atoms with Crippen molar-refractivity contribution < 1.29 is 17.6 Å². The van der Waals surface area contributed by atoms with E-state index in [0.717, 1.165) is 35.0 Å². The van der Waals surface area contributed by atoms with E-state index in [1.54, 1.807) is 22.7 Å². The van der Waals surface area contributed by atoms with Gasteiger partial charge in [0, 0.05) is 48.6 Å². The first-order valence-electron chi connectivity index (χ1n) is 16.8. The van der Waals surface area contributed by atoms with Crippen molar-refractivity contribution in [2.75, 3.05) is 0 Å². The summed E-state index contributed by atoms with van der Waals surface area (Å²) in [6, 6.07) is 34.4. The Morgan fingerprint density at radius 1 is 0.500 bits per heavy atom. The number of unbranched alkanes of at least 4 members (excludes halogenated alkanes) is 1. The summed E-state index contributed by atoms with van der Waals surface area (Å²) >= 11 is 7.30. The van der Waals surface area contributed by atoms with E-state index >= 15 is 0 Å². The van der Waals surface area contributed by atoms with Crippen LogP contribution >= 0.6 is 45.3 Å². The molecule has 0 atom stereocenters. The maximum atomic E-state index is 4.41. The molecule has 8 heteroatoms. The van der Waals surface area contributed by atoms with E-state index in [9.17, 15) is 0 Å². The Hall–Kier alpha value is -4.60. The van der Waals surface area contributed by atoms with Gasteiger partial charge in [0.15, 0.2) is 0 Å². The zero-order valence-corrected chi connectivity index (χ0v) is 31.5. The monoisotopic (exact) mass is 726 g/mol. The summed E-state index contributed by atoms with van der Waals surface area (Å²) < 4.78 is 16.2. The standard InChI is InChI=1S/C42H38N4S4/c1-43-31-17-7-11-21-35(31)47-39(43)25-29(26-40-44(2)32-18-8-12-22-36(32)48-40)15-5-6-16-30(27-41-45(3)33-19-9-13-23-37(33)49-41)28-42-46(4)34-20-10-14-24-38(34)50-42/h7-14,17-28H,1,3,5-6,15-16H2,2,4H3/q+4. The molecule has 0 aliphatic carbocycles. The van der Waals surface area contributed by atoms with E-state index in [1.807, 2.05) is 22.7 Å². The smallest absolute Gasteiger partial charge is 0.185 e. The molecule has 0 unspecified atom stereocenters. The van der Waals surface area contributed by atoms with Gasteiger partial charge in [0.1, 0.15) is 46.3 Å². The highest BCUT2D eigenvalue weighted by molar-refractivity contribution is 7.19. The first kappa shape index (κ1) is 32.6. The lowest BCUT2D eigenvalue weighted by Gasteiger charge is -2.03. The van der Waals surface area contributed by atoms with Crippen molar-refractivity contribution >= 4 is 111 Å². The zero-order chi connectivity index (χ0) is 34.2. The molecule has 0 aliphatic heterocycles. The molecule has 4 heterocycles. The topological polar surface area (TPSA) is 19.6 Å². The highest BCUT2D eigenvalue weighted by Crippen LogP contribution is 2.26. The first-order valence-corrected chi connectivity index (χ1v) is 20.0. The average molecular weight is 727 g/mol. The van der Waals surface area contributed by atoms with Crippen LogP contribution in [0.3, 0.4) is 0 Å². The second kappa shape index (κ2) is 14.0. The number of para-hydroxylation sites is 4. The van der Waals surface area contributed by atoms with Crippen molar-refractivity contribution in [1.82, 2.24) is 0 Å². The molecule has 4 aromatic heterocycles. The Morgan fingerprint density at radius 3 is 1.20 bits per heavy atom. The molecular weight excluding hydrogens is 689 g/mol. The SMILES string of the molecule is C=[n+]1c(=CC(=Cc2sc3ccccc3[n+]2C)CCCCC(=Cc2sc3ccccc3[n+]2C)C=c2sc3ccccc3[n+]2=C)sc2ccccc21. The highest BCUT2D eigenvalue weighted by Gasteiger charge is 2.18. The van der Waals surface area contributed by atoms with Gasteiger partial charge in [0.25, 0.3) is 19.3 Å².